The van der Waals surface area contributed by atoms with Crippen molar-refractivity contribution in [1.29, 1.82) is 0 Å². The molecular weight excluding hydrogens is 190 g/mol. The lowest BCUT2D eigenvalue weighted by molar-refractivity contribution is -0.118. The molecule has 0 bridgehead atoms. The predicted molar refractivity (Wildman–Crippen MR) is 47.1 cm³/mol. The Morgan fingerprint density at radius 1 is 1.36 bits per heavy atom. The summed E-state index contributed by atoms with van der Waals surface area (Å²) in [5.74, 6) is -2.22. The average molecular weight is 200 g/mol. The van der Waals surface area contributed by atoms with Crippen LogP contribution in [0.4, 0.5) is 8.78 Å². The quantitative estimate of drug-likeness (QED) is 0.759. The fourth-order valence-electron chi connectivity index (χ4n) is 1.18. The molecule has 1 rings (SSSR count). The standard InChI is InChI=1S/C9H10F2N2O/c10-5-2-1-3-6(11)9(5)7(12)4-8(13)14/h1-3,7H,4,12H2,(H2,13,14)/t7-/m0/s1. The third kappa shape index (κ3) is 2.26. The molecule has 0 radical (unpaired) electrons. The SMILES string of the molecule is NC(=O)C[C@H](N)c1c(F)cccc1F. The van der Waals surface area contributed by atoms with Crippen molar-refractivity contribution in [3.63, 3.8) is 0 Å². The van der Waals surface area contributed by atoms with Crippen LogP contribution >= 0.6 is 0 Å². The lowest BCUT2D eigenvalue weighted by Crippen LogP contribution is -2.22. The third-order valence-corrected chi connectivity index (χ3v) is 1.79. The molecule has 4 N–H and O–H groups in total. The molecule has 3 nitrogen and oxygen atoms in total. The van der Waals surface area contributed by atoms with Crippen molar-refractivity contribution in [2.24, 2.45) is 11.5 Å². The van der Waals surface area contributed by atoms with E-state index in [-0.39, 0.29) is 12.0 Å². The molecule has 5 heteroatoms. The number of hydrogen-bond donors (Lipinski definition) is 2. The van der Waals surface area contributed by atoms with Crippen molar-refractivity contribution >= 4 is 5.91 Å². The Labute approximate surface area is 79.7 Å². The lowest BCUT2D eigenvalue weighted by Gasteiger charge is -2.11. The van der Waals surface area contributed by atoms with Crippen LogP contribution in [-0.2, 0) is 4.79 Å². The molecule has 0 aliphatic rings. The number of nitrogens with two attached hydrogens (primary N) is 2. The zero-order valence-corrected chi connectivity index (χ0v) is 7.34. The predicted octanol–water partition coefficient (Wildman–Crippen LogP) is 0.840. The molecule has 1 aromatic carbocycles. The largest absolute Gasteiger partial charge is 0.370 e. The second-order valence-electron chi connectivity index (χ2n) is 2.91. The molecule has 0 saturated heterocycles. The van der Waals surface area contributed by atoms with Gasteiger partial charge in [0.2, 0.25) is 5.91 Å². The van der Waals surface area contributed by atoms with Crippen molar-refractivity contribution in [3.05, 3.63) is 35.4 Å². The van der Waals surface area contributed by atoms with E-state index in [1.165, 1.54) is 6.07 Å². The number of carbonyl (C=O) groups excluding carboxylic acids is 1. The highest BCUT2D eigenvalue weighted by molar-refractivity contribution is 5.74. The monoisotopic (exact) mass is 200 g/mol. The molecule has 0 fully saturated rings. The minimum Gasteiger partial charge on any atom is -0.370 e. The fraction of sp³-hybridized carbons (Fsp3) is 0.222. The van der Waals surface area contributed by atoms with Gasteiger partial charge >= 0.3 is 0 Å². The smallest absolute Gasteiger partial charge is 0.219 e. The minimum atomic E-state index is -1.03. The molecule has 0 spiro atoms. The molecule has 1 atom stereocenters. The van der Waals surface area contributed by atoms with Gasteiger partial charge in [0, 0.05) is 18.0 Å². The Balaban J connectivity index is 2.99. The Bertz CT molecular complexity index is 334. The van der Waals surface area contributed by atoms with Crippen molar-refractivity contribution in [3.8, 4) is 0 Å². The molecule has 0 aromatic heterocycles. The van der Waals surface area contributed by atoms with E-state index in [4.69, 9.17) is 11.5 Å². The lowest BCUT2D eigenvalue weighted by atomic mass is 10.0. The van der Waals surface area contributed by atoms with Crippen LogP contribution < -0.4 is 11.5 Å². The van der Waals surface area contributed by atoms with Crippen LogP contribution in [0.1, 0.15) is 18.0 Å². The summed E-state index contributed by atoms with van der Waals surface area (Å²) in [6.45, 7) is 0. The molecule has 76 valence electrons. The van der Waals surface area contributed by atoms with Crippen LogP contribution in [0.5, 0.6) is 0 Å². The number of primary amides is 1. The van der Waals surface area contributed by atoms with Gasteiger partial charge in [-0.25, -0.2) is 8.78 Å². The summed E-state index contributed by atoms with van der Waals surface area (Å²) in [7, 11) is 0. The second kappa shape index (κ2) is 4.15. The van der Waals surface area contributed by atoms with Gasteiger partial charge in [0.1, 0.15) is 11.6 Å². The summed E-state index contributed by atoms with van der Waals surface area (Å²) in [4.78, 5) is 10.5. The van der Waals surface area contributed by atoms with Gasteiger partial charge in [0.15, 0.2) is 0 Å². The maximum atomic E-state index is 13.1. The van der Waals surface area contributed by atoms with Crippen molar-refractivity contribution in [2.75, 3.05) is 0 Å². The number of halogens is 2. The minimum absolute atomic E-state index is 0.280. The Morgan fingerprint density at radius 2 is 1.86 bits per heavy atom. The summed E-state index contributed by atoms with van der Waals surface area (Å²) in [5, 5.41) is 0. The Hall–Kier alpha value is -1.49. The molecule has 1 aromatic rings. The first-order valence-corrected chi connectivity index (χ1v) is 4.00. The van der Waals surface area contributed by atoms with Gasteiger partial charge in [0.25, 0.3) is 0 Å². The van der Waals surface area contributed by atoms with Crippen molar-refractivity contribution in [2.45, 2.75) is 12.5 Å². The number of hydrogen-bond acceptors (Lipinski definition) is 2. The van der Waals surface area contributed by atoms with Crippen LogP contribution in [0.15, 0.2) is 18.2 Å². The topological polar surface area (TPSA) is 69.1 Å². The van der Waals surface area contributed by atoms with Gasteiger partial charge < -0.3 is 11.5 Å². The van der Waals surface area contributed by atoms with E-state index >= 15 is 0 Å². The first kappa shape index (κ1) is 10.6. The molecule has 0 aliphatic carbocycles. The van der Waals surface area contributed by atoms with Crippen molar-refractivity contribution in [1.82, 2.24) is 0 Å². The fourth-order valence-corrected chi connectivity index (χ4v) is 1.18. The number of carbonyl (C=O) groups is 1. The molecule has 0 aliphatic heterocycles. The van der Waals surface area contributed by atoms with E-state index in [9.17, 15) is 13.6 Å². The summed E-state index contributed by atoms with van der Waals surface area (Å²) < 4.78 is 26.2. The number of rotatable bonds is 3. The first-order chi connectivity index (χ1) is 6.52. The zero-order valence-electron chi connectivity index (χ0n) is 7.34. The van der Waals surface area contributed by atoms with E-state index in [2.05, 4.69) is 0 Å². The van der Waals surface area contributed by atoms with Crippen LogP contribution in [0, 0.1) is 11.6 Å². The summed E-state index contributed by atoms with van der Waals surface area (Å²) >= 11 is 0. The van der Waals surface area contributed by atoms with Crippen LogP contribution in [-0.4, -0.2) is 5.91 Å². The second-order valence-corrected chi connectivity index (χ2v) is 2.91. The average Bonchev–Trinajstić information content (AvgIpc) is 2.01. The van der Waals surface area contributed by atoms with E-state index in [0.29, 0.717) is 0 Å². The van der Waals surface area contributed by atoms with Gasteiger partial charge in [-0.1, -0.05) is 6.07 Å². The van der Waals surface area contributed by atoms with E-state index in [0.717, 1.165) is 12.1 Å². The van der Waals surface area contributed by atoms with E-state index in [1.807, 2.05) is 0 Å². The first-order valence-electron chi connectivity index (χ1n) is 4.00. The highest BCUT2D eigenvalue weighted by atomic mass is 19.1. The third-order valence-electron chi connectivity index (χ3n) is 1.79. The van der Waals surface area contributed by atoms with Crippen LogP contribution in [0.2, 0.25) is 0 Å². The molecular formula is C9H10F2N2O. The normalized spacial score (nSPS) is 12.5. The Kier molecular flexibility index (Phi) is 3.14. The summed E-state index contributed by atoms with van der Waals surface area (Å²) in [6.07, 6.45) is -0.280. The maximum absolute atomic E-state index is 13.1. The zero-order chi connectivity index (χ0) is 10.7. The number of amides is 1. The molecule has 0 heterocycles. The molecule has 0 unspecified atom stereocenters. The van der Waals surface area contributed by atoms with Crippen LogP contribution in [0.25, 0.3) is 0 Å². The Morgan fingerprint density at radius 3 is 2.29 bits per heavy atom. The van der Waals surface area contributed by atoms with Gasteiger partial charge in [-0.15, -0.1) is 0 Å². The molecule has 14 heavy (non-hydrogen) atoms. The van der Waals surface area contributed by atoms with Gasteiger partial charge in [0.05, 0.1) is 0 Å². The molecule has 1 amide bonds. The molecule has 0 saturated carbocycles. The van der Waals surface area contributed by atoms with Crippen molar-refractivity contribution < 1.29 is 13.6 Å². The highest BCUT2D eigenvalue weighted by Gasteiger charge is 2.17. The van der Waals surface area contributed by atoms with Gasteiger partial charge in [-0.05, 0) is 12.1 Å². The highest BCUT2D eigenvalue weighted by Crippen LogP contribution is 2.20. The van der Waals surface area contributed by atoms with Gasteiger partial charge in [-0.3, -0.25) is 4.79 Å². The van der Waals surface area contributed by atoms with E-state index < -0.39 is 23.6 Å². The summed E-state index contributed by atoms with van der Waals surface area (Å²) in [6, 6.07) is 2.36. The van der Waals surface area contributed by atoms with Gasteiger partial charge in [-0.2, -0.15) is 0 Å². The summed E-state index contributed by atoms with van der Waals surface area (Å²) in [5.41, 5.74) is 9.98. The van der Waals surface area contributed by atoms with Crippen LogP contribution in [0.3, 0.4) is 0 Å². The maximum Gasteiger partial charge on any atom is 0.219 e. The van der Waals surface area contributed by atoms with E-state index in [1.54, 1.807) is 0 Å². The number of benzene rings is 1.